The number of allylic oxidation sites excluding steroid dienone is 2. The van der Waals surface area contributed by atoms with Crippen LogP contribution < -0.4 is 0 Å². The Balaban J connectivity index is 1.24. The first-order chi connectivity index (χ1) is 22.6. The monoisotopic (exact) mass is 726 g/mol. The van der Waals surface area contributed by atoms with Gasteiger partial charge in [-0.1, -0.05) is 37.4 Å². The van der Waals surface area contributed by atoms with Crippen LogP contribution in [0.2, 0.25) is 0 Å². The van der Waals surface area contributed by atoms with Gasteiger partial charge in [-0.15, -0.1) is 45.3 Å². The van der Waals surface area contributed by atoms with E-state index in [1.165, 1.54) is 53.4 Å². The molecular weight excluding hydrogens is 709 g/mol. The molecule has 6 heterocycles. The Bertz CT molecular complexity index is 2220. The van der Waals surface area contributed by atoms with E-state index in [0.29, 0.717) is 33.1 Å². The van der Waals surface area contributed by atoms with E-state index in [-0.39, 0.29) is 38.7 Å². The summed E-state index contributed by atoms with van der Waals surface area (Å²) in [5, 5.41) is 21.3. The molecule has 4 aromatic heterocycles. The standard InChI is InChI=1S/C31H18N8O2S6/c1-7-38-27(40)25(46-29(38)13(11-32)34-5)36-17-9-15-21(44-17)19-23(42-15)24-20(31(19,3)4)22-16(43-24)10-18(45-22)37-26-28(41)39(8-2)30(47-26)14(12-33)35-6/h9-10H,7-8H2,1-4H3/b29-13-,30-14+,36-25?,37-26?. The fourth-order valence-corrected chi connectivity index (χ4v) is 13.7. The Kier molecular flexibility index (Phi) is 7.64. The predicted octanol–water partition coefficient (Wildman–Crippen LogP) is 9.02. The summed E-state index contributed by atoms with van der Waals surface area (Å²) in [4.78, 5) is 47.4. The van der Waals surface area contributed by atoms with Gasteiger partial charge in [0.05, 0.1) is 44.4 Å². The highest BCUT2D eigenvalue weighted by molar-refractivity contribution is 8.20. The van der Waals surface area contributed by atoms with Gasteiger partial charge in [-0.2, -0.15) is 0 Å². The van der Waals surface area contributed by atoms with E-state index in [4.69, 9.17) is 23.1 Å². The predicted molar refractivity (Wildman–Crippen MR) is 193 cm³/mol. The van der Waals surface area contributed by atoms with Gasteiger partial charge in [-0.05, 0) is 37.1 Å². The number of hydrogen-bond donors (Lipinski definition) is 0. The molecule has 0 N–H and O–H groups in total. The summed E-state index contributed by atoms with van der Waals surface area (Å²) in [6.45, 7) is 23.3. The van der Waals surface area contributed by atoms with E-state index in [1.54, 1.807) is 36.5 Å². The highest BCUT2D eigenvalue weighted by Gasteiger charge is 2.43. The lowest BCUT2D eigenvalue weighted by Gasteiger charge is -2.19. The molecule has 2 saturated heterocycles. The third-order valence-electron chi connectivity index (χ3n) is 7.79. The quantitative estimate of drug-likeness (QED) is 0.153. The van der Waals surface area contributed by atoms with E-state index in [1.807, 2.05) is 24.3 Å². The highest BCUT2D eigenvalue weighted by atomic mass is 32.2. The number of amides is 2. The molecule has 7 rings (SSSR count). The normalized spacial score (nSPS) is 20.6. The summed E-state index contributed by atoms with van der Waals surface area (Å²) in [5.41, 5.74) is 1.91. The largest absolute Gasteiger partial charge is 0.309 e. The summed E-state index contributed by atoms with van der Waals surface area (Å²) in [7, 11) is 0. The average molecular weight is 727 g/mol. The molecule has 0 aromatic carbocycles. The van der Waals surface area contributed by atoms with Crippen molar-refractivity contribution in [1.29, 1.82) is 10.5 Å². The van der Waals surface area contributed by atoms with Crippen molar-refractivity contribution in [2.24, 2.45) is 9.98 Å². The molecule has 0 atom stereocenters. The zero-order chi connectivity index (χ0) is 33.4. The van der Waals surface area contributed by atoms with Crippen LogP contribution in [0.1, 0.15) is 38.8 Å². The van der Waals surface area contributed by atoms with Crippen LogP contribution in [0.3, 0.4) is 0 Å². The first-order valence-electron chi connectivity index (χ1n) is 13.9. The summed E-state index contributed by atoms with van der Waals surface area (Å²) >= 11 is 8.64. The van der Waals surface area contributed by atoms with Crippen LogP contribution in [0, 0.1) is 35.8 Å². The molecular formula is C31H18N8O2S6. The van der Waals surface area contributed by atoms with Gasteiger partial charge in [-0.25, -0.2) is 30.2 Å². The molecule has 2 amide bonds. The van der Waals surface area contributed by atoms with Crippen LogP contribution in [-0.4, -0.2) is 44.8 Å². The van der Waals surface area contributed by atoms with Crippen molar-refractivity contribution in [1.82, 2.24) is 9.80 Å². The summed E-state index contributed by atoms with van der Waals surface area (Å²) < 4.78 is 4.44. The molecule has 0 bridgehead atoms. The second-order valence-corrected chi connectivity index (χ2v) is 16.8. The van der Waals surface area contributed by atoms with E-state index in [9.17, 15) is 20.1 Å². The number of nitriles is 2. The summed E-state index contributed by atoms with van der Waals surface area (Å²) in [5.74, 6) is -0.616. The Morgan fingerprint density at radius 3 is 1.53 bits per heavy atom. The van der Waals surface area contributed by atoms with Crippen molar-refractivity contribution in [3.63, 3.8) is 0 Å². The molecule has 3 aliphatic rings. The van der Waals surface area contributed by atoms with Crippen molar-refractivity contribution in [3.8, 4) is 21.9 Å². The van der Waals surface area contributed by atoms with Crippen LogP contribution in [0.25, 0.3) is 38.2 Å². The highest BCUT2D eigenvalue weighted by Crippen LogP contribution is 2.63. The van der Waals surface area contributed by atoms with Crippen molar-refractivity contribution in [2.75, 3.05) is 13.1 Å². The minimum Gasteiger partial charge on any atom is -0.309 e. The molecule has 0 unspecified atom stereocenters. The molecule has 4 aromatic rings. The van der Waals surface area contributed by atoms with E-state index >= 15 is 0 Å². The number of nitrogens with zero attached hydrogens (tertiary/aromatic N) is 8. The molecule has 1 aliphatic carbocycles. The first kappa shape index (κ1) is 31.3. The molecule has 230 valence electrons. The maximum Gasteiger partial charge on any atom is 0.291 e. The molecule has 0 radical (unpaired) electrons. The first-order valence-corrected chi connectivity index (χ1v) is 18.8. The summed E-state index contributed by atoms with van der Waals surface area (Å²) in [6.07, 6.45) is 0. The number of rotatable bonds is 4. The molecule has 2 aliphatic heterocycles. The van der Waals surface area contributed by atoms with E-state index in [0.717, 1.165) is 42.3 Å². The molecule has 10 nitrogen and oxygen atoms in total. The Morgan fingerprint density at radius 1 is 0.787 bits per heavy atom. The SMILES string of the molecule is [C-]#[N+]/C(C#N)=C1\SC(=Nc2cc3sc4c(c3s2)C(C)(C)c2c-4sc3cc(N=C4S/C(=C(\C#N)[N+]#[C-])N(CC)C4=O)sc23)C(=O)N1CC. The zero-order valence-electron chi connectivity index (χ0n) is 24.9. The number of carbonyl (C=O) groups excluding carboxylic acids is 2. The van der Waals surface area contributed by atoms with Crippen LogP contribution in [0.4, 0.5) is 10.0 Å². The molecule has 0 spiro atoms. The third-order valence-corrected chi connectivity index (χ3v) is 14.7. The van der Waals surface area contributed by atoms with Gasteiger partial charge < -0.3 is 9.80 Å². The minimum atomic E-state index is -0.319. The van der Waals surface area contributed by atoms with Gasteiger partial charge in [0, 0.05) is 27.9 Å². The Hall–Kier alpha value is -4.26. The lowest BCUT2D eigenvalue weighted by atomic mass is 9.84. The molecule has 0 saturated carbocycles. The number of fused-ring (bicyclic) bond motifs is 7. The molecule has 47 heavy (non-hydrogen) atoms. The van der Waals surface area contributed by atoms with Crippen molar-refractivity contribution in [2.45, 2.75) is 33.1 Å². The third kappa shape index (κ3) is 4.60. The van der Waals surface area contributed by atoms with Gasteiger partial charge in [0.2, 0.25) is 0 Å². The maximum absolute atomic E-state index is 13.1. The Morgan fingerprint density at radius 2 is 1.19 bits per heavy atom. The van der Waals surface area contributed by atoms with Gasteiger partial charge in [0.25, 0.3) is 23.2 Å². The fourth-order valence-electron chi connectivity index (χ4n) is 5.75. The minimum absolute atomic E-state index is 0.117. The van der Waals surface area contributed by atoms with Crippen molar-refractivity contribution < 1.29 is 9.59 Å². The van der Waals surface area contributed by atoms with Gasteiger partial charge in [-0.3, -0.25) is 9.59 Å². The van der Waals surface area contributed by atoms with Crippen LogP contribution in [0.5, 0.6) is 0 Å². The van der Waals surface area contributed by atoms with Crippen molar-refractivity contribution >= 4 is 120 Å². The number of aliphatic imine (C=N–C) groups is 2. The fraction of sp³-hybridized carbons (Fsp3) is 0.226. The smallest absolute Gasteiger partial charge is 0.291 e. The van der Waals surface area contributed by atoms with Gasteiger partial charge >= 0.3 is 0 Å². The lowest BCUT2D eigenvalue weighted by Crippen LogP contribution is -2.26. The van der Waals surface area contributed by atoms with Crippen LogP contribution in [-0.2, 0) is 15.0 Å². The topological polar surface area (TPSA) is 122 Å². The zero-order valence-corrected chi connectivity index (χ0v) is 29.8. The second-order valence-electron chi connectivity index (χ2n) is 10.7. The maximum atomic E-state index is 13.1. The van der Waals surface area contributed by atoms with Crippen LogP contribution in [0.15, 0.2) is 43.6 Å². The average Bonchev–Trinajstić information content (AvgIpc) is 3.88. The van der Waals surface area contributed by atoms with Crippen LogP contribution >= 0.6 is 68.9 Å². The number of carbonyl (C=O) groups is 2. The van der Waals surface area contributed by atoms with Gasteiger partial charge in [0.15, 0.2) is 10.1 Å². The molecule has 2 fully saturated rings. The van der Waals surface area contributed by atoms with Gasteiger partial charge in [0.1, 0.15) is 20.1 Å². The van der Waals surface area contributed by atoms with E-state index in [2.05, 4.69) is 23.5 Å². The number of thiophene rings is 4. The number of thioether (sulfide) groups is 2. The van der Waals surface area contributed by atoms with Crippen molar-refractivity contribution in [3.05, 3.63) is 67.5 Å². The summed E-state index contributed by atoms with van der Waals surface area (Å²) in [6, 6.07) is 7.79. The lowest BCUT2D eigenvalue weighted by molar-refractivity contribution is -0.121. The Labute approximate surface area is 293 Å². The molecule has 16 heteroatoms. The second kappa shape index (κ2) is 11.5. The van der Waals surface area contributed by atoms with E-state index < -0.39 is 0 Å². The number of hydrogen-bond acceptors (Lipinski definition) is 12.